The molecule has 1 aromatic carbocycles. The third-order valence-corrected chi connectivity index (χ3v) is 5.32. The SMILES string of the molecule is Clc1ccc(Cc2cc(Cl)nc(-c3ccc4c(n3)CCCC4)n2)c(Cl)c1. The molecule has 2 heterocycles. The quantitative estimate of drug-likeness (QED) is 0.505. The number of aryl methyl sites for hydroxylation is 2. The van der Waals surface area contributed by atoms with Crippen molar-refractivity contribution in [3.8, 4) is 11.5 Å². The van der Waals surface area contributed by atoms with Crippen molar-refractivity contribution < 1.29 is 0 Å². The molecule has 0 atom stereocenters. The van der Waals surface area contributed by atoms with Crippen LogP contribution in [0.5, 0.6) is 0 Å². The minimum Gasteiger partial charge on any atom is -0.249 e. The molecule has 0 aliphatic heterocycles. The van der Waals surface area contributed by atoms with E-state index in [0.717, 1.165) is 35.5 Å². The molecule has 0 unspecified atom stereocenters. The Morgan fingerprint density at radius 1 is 0.846 bits per heavy atom. The normalized spacial score (nSPS) is 13.5. The van der Waals surface area contributed by atoms with E-state index in [1.807, 2.05) is 18.2 Å². The summed E-state index contributed by atoms with van der Waals surface area (Å²) in [7, 11) is 0. The van der Waals surface area contributed by atoms with Gasteiger partial charge in [0.25, 0.3) is 0 Å². The standard InChI is InChI=1S/C20H16Cl3N3/c21-14-7-5-13(16(22)10-14)9-15-11-19(23)26-20(24-15)18-8-6-12-3-1-2-4-17(12)25-18/h5-8,10-11H,1-4,9H2. The topological polar surface area (TPSA) is 38.7 Å². The van der Waals surface area contributed by atoms with E-state index in [4.69, 9.17) is 39.8 Å². The average molecular weight is 405 g/mol. The second-order valence-electron chi connectivity index (χ2n) is 6.43. The van der Waals surface area contributed by atoms with E-state index in [0.29, 0.717) is 27.4 Å². The van der Waals surface area contributed by atoms with Gasteiger partial charge < -0.3 is 0 Å². The number of benzene rings is 1. The van der Waals surface area contributed by atoms with Gasteiger partial charge in [-0.2, -0.15) is 0 Å². The van der Waals surface area contributed by atoms with E-state index in [9.17, 15) is 0 Å². The lowest BCUT2D eigenvalue weighted by molar-refractivity contribution is 0.668. The highest BCUT2D eigenvalue weighted by atomic mass is 35.5. The number of rotatable bonds is 3. The summed E-state index contributed by atoms with van der Waals surface area (Å²) in [4.78, 5) is 13.8. The first-order chi connectivity index (χ1) is 12.6. The Balaban J connectivity index is 1.68. The lowest BCUT2D eigenvalue weighted by atomic mass is 9.96. The summed E-state index contributed by atoms with van der Waals surface area (Å²) in [5.41, 5.74) is 4.98. The van der Waals surface area contributed by atoms with Crippen LogP contribution in [-0.4, -0.2) is 15.0 Å². The summed E-state index contributed by atoms with van der Waals surface area (Å²) in [6.45, 7) is 0. The van der Waals surface area contributed by atoms with Gasteiger partial charge in [-0.15, -0.1) is 0 Å². The minimum absolute atomic E-state index is 0.398. The molecule has 26 heavy (non-hydrogen) atoms. The molecule has 4 rings (SSSR count). The average Bonchev–Trinajstić information content (AvgIpc) is 2.63. The summed E-state index contributed by atoms with van der Waals surface area (Å²) < 4.78 is 0. The van der Waals surface area contributed by atoms with Crippen LogP contribution < -0.4 is 0 Å². The highest BCUT2D eigenvalue weighted by Crippen LogP contribution is 2.26. The molecule has 2 aromatic heterocycles. The van der Waals surface area contributed by atoms with Crippen LogP contribution >= 0.6 is 34.8 Å². The van der Waals surface area contributed by atoms with E-state index >= 15 is 0 Å². The van der Waals surface area contributed by atoms with Crippen LogP contribution in [-0.2, 0) is 19.3 Å². The Morgan fingerprint density at radius 3 is 2.54 bits per heavy atom. The number of hydrogen-bond acceptors (Lipinski definition) is 3. The second kappa shape index (κ2) is 7.51. The smallest absolute Gasteiger partial charge is 0.179 e. The lowest BCUT2D eigenvalue weighted by Gasteiger charge is -2.15. The van der Waals surface area contributed by atoms with Crippen molar-refractivity contribution in [2.24, 2.45) is 0 Å². The number of aromatic nitrogens is 3. The highest BCUT2D eigenvalue weighted by molar-refractivity contribution is 6.35. The van der Waals surface area contributed by atoms with Crippen molar-refractivity contribution in [1.29, 1.82) is 0 Å². The molecule has 0 N–H and O–H groups in total. The van der Waals surface area contributed by atoms with Gasteiger partial charge in [0.05, 0.1) is 5.69 Å². The molecule has 0 bridgehead atoms. The fourth-order valence-corrected chi connectivity index (χ4v) is 3.92. The van der Waals surface area contributed by atoms with Crippen molar-refractivity contribution in [3.05, 3.63) is 74.1 Å². The minimum atomic E-state index is 0.398. The van der Waals surface area contributed by atoms with E-state index in [-0.39, 0.29) is 0 Å². The predicted molar refractivity (Wildman–Crippen MR) is 106 cm³/mol. The zero-order chi connectivity index (χ0) is 18.1. The maximum Gasteiger partial charge on any atom is 0.179 e. The molecule has 0 saturated heterocycles. The van der Waals surface area contributed by atoms with Crippen LogP contribution in [0.4, 0.5) is 0 Å². The molecule has 0 saturated carbocycles. The largest absolute Gasteiger partial charge is 0.249 e. The molecular formula is C20H16Cl3N3. The van der Waals surface area contributed by atoms with Gasteiger partial charge in [-0.25, -0.2) is 15.0 Å². The van der Waals surface area contributed by atoms with Gasteiger partial charge in [0.15, 0.2) is 5.82 Å². The summed E-state index contributed by atoms with van der Waals surface area (Å²) >= 11 is 18.5. The van der Waals surface area contributed by atoms with Gasteiger partial charge in [-0.05, 0) is 61.1 Å². The van der Waals surface area contributed by atoms with Crippen LogP contribution in [0, 0.1) is 0 Å². The maximum atomic E-state index is 6.28. The zero-order valence-corrected chi connectivity index (χ0v) is 16.2. The van der Waals surface area contributed by atoms with E-state index in [2.05, 4.69) is 16.0 Å². The third-order valence-electron chi connectivity index (χ3n) is 4.54. The molecule has 3 nitrogen and oxygen atoms in total. The fourth-order valence-electron chi connectivity index (χ4n) is 3.24. The van der Waals surface area contributed by atoms with Crippen LogP contribution in [0.3, 0.4) is 0 Å². The lowest BCUT2D eigenvalue weighted by Crippen LogP contribution is -2.07. The summed E-state index contributed by atoms with van der Waals surface area (Å²) in [5.74, 6) is 0.547. The molecule has 1 aliphatic rings. The van der Waals surface area contributed by atoms with E-state index in [1.54, 1.807) is 12.1 Å². The van der Waals surface area contributed by atoms with Crippen molar-refractivity contribution >= 4 is 34.8 Å². The first-order valence-electron chi connectivity index (χ1n) is 8.55. The molecule has 0 amide bonds. The van der Waals surface area contributed by atoms with Crippen molar-refractivity contribution in [2.75, 3.05) is 0 Å². The zero-order valence-electron chi connectivity index (χ0n) is 14.0. The highest BCUT2D eigenvalue weighted by Gasteiger charge is 2.14. The number of hydrogen-bond donors (Lipinski definition) is 0. The molecule has 6 heteroatoms. The molecule has 0 fully saturated rings. The first kappa shape index (κ1) is 17.7. The van der Waals surface area contributed by atoms with Gasteiger partial charge in [0, 0.05) is 22.2 Å². The van der Waals surface area contributed by atoms with Crippen LogP contribution in [0.1, 0.15) is 35.4 Å². The Hall–Kier alpha value is -1.68. The van der Waals surface area contributed by atoms with Crippen molar-refractivity contribution in [2.45, 2.75) is 32.1 Å². The maximum absolute atomic E-state index is 6.28. The summed E-state index contributed by atoms with van der Waals surface area (Å²) in [6, 6.07) is 11.3. The Labute approximate surface area is 167 Å². The number of fused-ring (bicyclic) bond motifs is 1. The summed E-state index contributed by atoms with van der Waals surface area (Å²) in [6.07, 6.45) is 5.07. The van der Waals surface area contributed by atoms with E-state index in [1.165, 1.54) is 18.4 Å². The number of halogens is 3. The second-order valence-corrected chi connectivity index (χ2v) is 7.66. The molecule has 0 radical (unpaired) electrons. The van der Waals surface area contributed by atoms with Crippen LogP contribution in [0.25, 0.3) is 11.5 Å². The number of nitrogens with zero attached hydrogens (tertiary/aromatic N) is 3. The van der Waals surface area contributed by atoms with Crippen molar-refractivity contribution in [1.82, 2.24) is 15.0 Å². The predicted octanol–water partition coefficient (Wildman–Crippen LogP) is 5.97. The summed E-state index contributed by atoms with van der Waals surface area (Å²) in [5, 5.41) is 1.62. The molecule has 132 valence electrons. The molecule has 0 spiro atoms. The Kier molecular flexibility index (Phi) is 5.12. The molecule has 3 aromatic rings. The van der Waals surface area contributed by atoms with Gasteiger partial charge in [0.1, 0.15) is 10.8 Å². The van der Waals surface area contributed by atoms with Gasteiger partial charge in [-0.3, -0.25) is 0 Å². The monoisotopic (exact) mass is 403 g/mol. The Bertz CT molecular complexity index is 973. The van der Waals surface area contributed by atoms with Crippen molar-refractivity contribution in [3.63, 3.8) is 0 Å². The van der Waals surface area contributed by atoms with E-state index < -0.39 is 0 Å². The first-order valence-corrected chi connectivity index (χ1v) is 9.68. The van der Waals surface area contributed by atoms with Gasteiger partial charge >= 0.3 is 0 Å². The van der Waals surface area contributed by atoms with Crippen LogP contribution in [0.15, 0.2) is 36.4 Å². The van der Waals surface area contributed by atoms with Gasteiger partial charge in [-0.1, -0.05) is 46.9 Å². The molecule has 1 aliphatic carbocycles. The van der Waals surface area contributed by atoms with Gasteiger partial charge in [0.2, 0.25) is 0 Å². The Morgan fingerprint density at radius 2 is 1.69 bits per heavy atom. The molecular weight excluding hydrogens is 389 g/mol. The fraction of sp³-hybridized carbons (Fsp3) is 0.250. The third kappa shape index (κ3) is 3.85. The number of pyridine rings is 1. The van der Waals surface area contributed by atoms with Crippen LogP contribution in [0.2, 0.25) is 15.2 Å².